The summed E-state index contributed by atoms with van der Waals surface area (Å²) in [5.41, 5.74) is 0.801. The minimum Gasteiger partial charge on any atom is -0.445 e. The van der Waals surface area contributed by atoms with Crippen LogP contribution >= 0.6 is 0 Å². The zero-order valence-electron chi connectivity index (χ0n) is 20.2. The van der Waals surface area contributed by atoms with Gasteiger partial charge in [-0.1, -0.05) is 44.2 Å². The van der Waals surface area contributed by atoms with E-state index in [2.05, 4.69) is 21.3 Å². The lowest BCUT2D eigenvalue weighted by Crippen LogP contribution is -2.55. The van der Waals surface area contributed by atoms with E-state index in [1.165, 1.54) is 0 Å². The number of rotatable bonds is 12. The van der Waals surface area contributed by atoms with Crippen molar-refractivity contribution < 1.29 is 28.7 Å². The van der Waals surface area contributed by atoms with E-state index in [1.807, 2.05) is 44.2 Å². The average Bonchev–Trinajstić information content (AvgIpc) is 3.55. The lowest BCUT2D eigenvalue weighted by Gasteiger charge is -2.24. The van der Waals surface area contributed by atoms with Gasteiger partial charge in [-0.3, -0.25) is 19.2 Å². The predicted octanol–water partition coefficient (Wildman–Crippen LogP) is 1.19. The molecule has 1 saturated carbocycles. The summed E-state index contributed by atoms with van der Waals surface area (Å²) in [6.45, 7) is 4.32. The van der Waals surface area contributed by atoms with Crippen LogP contribution in [0.15, 0.2) is 30.3 Å². The first-order valence-corrected chi connectivity index (χ1v) is 12.1. The van der Waals surface area contributed by atoms with Gasteiger partial charge in [0.25, 0.3) is 5.91 Å². The number of amides is 4. The Balaban J connectivity index is 1.65. The number of nitrogens with one attached hydrogen (secondary N) is 4. The molecule has 1 aliphatic carbocycles. The third kappa shape index (κ3) is 8.38. The maximum Gasteiger partial charge on any atom is 0.408 e. The van der Waals surface area contributed by atoms with Crippen LogP contribution in [0.5, 0.6) is 0 Å². The molecule has 10 heteroatoms. The number of alkyl carbamates (subject to hydrolysis) is 1. The van der Waals surface area contributed by atoms with Crippen molar-refractivity contribution in [1.82, 2.24) is 21.3 Å². The van der Waals surface area contributed by atoms with Gasteiger partial charge in [0.2, 0.25) is 17.6 Å². The number of Topliss-reactive ketones (excluding diaryl/α,β-unsaturated/α-hetero) is 1. The topological polar surface area (TPSA) is 143 Å². The van der Waals surface area contributed by atoms with Gasteiger partial charge in [-0.05, 0) is 43.6 Å². The second-order valence-corrected chi connectivity index (χ2v) is 9.57. The summed E-state index contributed by atoms with van der Waals surface area (Å²) < 4.78 is 5.24. The van der Waals surface area contributed by atoms with Crippen LogP contribution in [0.3, 0.4) is 0 Å². The molecular weight excluding hydrogens is 452 g/mol. The Kier molecular flexibility index (Phi) is 9.22. The van der Waals surface area contributed by atoms with Crippen molar-refractivity contribution in [3.8, 4) is 0 Å². The van der Waals surface area contributed by atoms with Gasteiger partial charge in [-0.2, -0.15) is 0 Å². The Morgan fingerprint density at radius 3 is 2.34 bits per heavy atom. The molecule has 3 atom stereocenters. The Hall–Kier alpha value is -3.43. The highest BCUT2D eigenvalue weighted by Gasteiger charge is 2.37. The molecule has 1 aromatic carbocycles. The quantitative estimate of drug-likeness (QED) is 0.327. The highest BCUT2D eigenvalue weighted by Crippen LogP contribution is 2.20. The fourth-order valence-corrected chi connectivity index (χ4v) is 3.91. The highest BCUT2D eigenvalue weighted by atomic mass is 16.5. The van der Waals surface area contributed by atoms with E-state index in [0.717, 1.165) is 18.4 Å². The molecule has 0 aromatic heterocycles. The first-order chi connectivity index (χ1) is 16.7. The van der Waals surface area contributed by atoms with E-state index in [-0.39, 0.29) is 30.9 Å². The summed E-state index contributed by atoms with van der Waals surface area (Å²) in [7, 11) is 0. The first-order valence-electron chi connectivity index (χ1n) is 12.1. The molecule has 10 nitrogen and oxygen atoms in total. The molecular formula is C25H34N4O6. The second kappa shape index (κ2) is 12.3. The van der Waals surface area contributed by atoms with Crippen LogP contribution in [0.2, 0.25) is 0 Å². The van der Waals surface area contributed by atoms with Crippen molar-refractivity contribution in [2.75, 3.05) is 6.54 Å². The van der Waals surface area contributed by atoms with E-state index in [1.54, 1.807) is 0 Å². The number of hydrogen-bond acceptors (Lipinski definition) is 6. The molecule has 1 saturated heterocycles. The second-order valence-electron chi connectivity index (χ2n) is 9.57. The molecule has 2 fully saturated rings. The molecule has 35 heavy (non-hydrogen) atoms. The third-order valence-corrected chi connectivity index (χ3v) is 5.98. The van der Waals surface area contributed by atoms with E-state index in [0.29, 0.717) is 19.4 Å². The van der Waals surface area contributed by atoms with Gasteiger partial charge in [-0.15, -0.1) is 0 Å². The summed E-state index contributed by atoms with van der Waals surface area (Å²) in [6, 6.07) is 6.96. The van der Waals surface area contributed by atoms with Crippen molar-refractivity contribution in [3.63, 3.8) is 0 Å². The van der Waals surface area contributed by atoms with Gasteiger partial charge in [0.1, 0.15) is 12.6 Å². The Morgan fingerprint density at radius 2 is 1.74 bits per heavy atom. The zero-order chi connectivity index (χ0) is 25.4. The van der Waals surface area contributed by atoms with Gasteiger partial charge in [0.15, 0.2) is 0 Å². The van der Waals surface area contributed by atoms with Crippen LogP contribution in [0.25, 0.3) is 0 Å². The summed E-state index contributed by atoms with van der Waals surface area (Å²) in [4.78, 5) is 62.9. The molecule has 1 heterocycles. The molecule has 1 aromatic rings. The number of ether oxygens (including phenoxy) is 1. The van der Waals surface area contributed by atoms with Crippen LogP contribution in [0.1, 0.15) is 51.5 Å². The summed E-state index contributed by atoms with van der Waals surface area (Å²) in [5.74, 6) is -2.81. The molecule has 4 amide bonds. The van der Waals surface area contributed by atoms with Crippen molar-refractivity contribution in [3.05, 3.63) is 35.9 Å². The number of hydrogen-bond donors (Lipinski definition) is 4. The zero-order valence-corrected chi connectivity index (χ0v) is 20.2. The third-order valence-electron chi connectivity index (χ3n) is 5.98. The largest absolute Gasteiger partial charge is 0.445 e. The smallest absolute Gasteiger partial charge is 0.408 e. The van der Waals surface area contributed by atoms with Crippen LogP contribution < -0.4 is 21.3 Å². The van der Waals surface area contributed by atoms with Crippen LogP contribution in [0, 0.1) is 11.8 Å². The summed E-state index contributed by atoms with van der Waals surface area (Å²) in [5, 5.41) is 10.5. The monoisotopic (exact) mass is 486 g/mol. The average molecular weight is 487 g/mol. The van der Waals surface area contributed by atoms with Crippen LogP contribution in [-0.2, 0) is 30.5 Å². The molecule has 190 valence electrons. The lowest BCUT2D eigenvalue weighted by molar-refractivity contribution is -0.141. The fraction of sp³-hybridized carbons (Fsp3) is 0.560. The molecule has 0 bridgehead atoms. The Labute approximate surface area is 204 Å². The molecule has 2 aliphatic rings. The minimum atomic E-state index is -1.17. The van der Waals surface area contributed by atoms with E-state index in [4.69, 9.17) is 4.74 Å². The first kappa shape index (κ1) is 26.2. The van der Waals surface area contributed by atoms with E-state index < -0.39 is 41.7 Å². The molecule has 4 N–H and O–H groups in total. The molecule has 0 radical (unpaired) electrons. The van der Waals surface area contributed by atoms with Gasteiger partial charge >= 0.3 is 6.09 Å². The maximum atomic E-state index is 13.1. The SMILES string of the molecule is CC(C)C[C@H](NC(=O)OCc1ccccc1)C(=O)N[C@@H](CC1CCNC1=O)C(=O)C(=O)NC1CC1. The standard InChI is InChI=1S/C25H34N4O6/c1-15(2)12-20(29-25(34)35-14-16-6-4-3-5-7-16)23(32)28-19(13-17-10-11-26-22(17)31)21(30)24(33)27-18-8-9-18/h3-7,15,17-20H,8-14H2,1-2H3,(H,26,31)(H,27,33)(H,28,32)(H,29,34)/t17?,19-,20-/m0/s1. The van der Waals surface area contributed by atoms with Crippen molar-refractivity contribution in [2.24, 2.45) is 11.8 Å². The molecule has 1 aliphatic heterocycles. The minimum absolute atomic E-state index is 0.0152. The number of carbonyl (C=O) groups is 5. The van der Waals surface area contributed by atoms with Gasteiger partial charge < -0.3 is 26.0 Å². The van der Waals surface area contributed by atoms with Crippen LogP contribution in [-0.4, -0.2) is 54.3 Å². The highest BCUT2D eigenvalue weighted by molar-refractivity contribution is 6.38. The van der Waals surface area contributed by atoms with Crippen molar-refractivity contribution in [1.29, 1.82) is 0 Å². The van der Waals surface area contributed by atoms with Gasteiger partial charge in [0, 0.05) is 18.5 Å². The number of ketones is 1. The predicted molar refractivity (Wildman–Crippen MR) is 127 cm³/mol. The molecule has 3 rings (SSSR count). The molecule has 0 spiro atoms. The van der Waals surface area contributed by atoms with Crippen molar-refractivity contribution in [2.45, 2.75) is 70.7 Å². The van der Waals surface area contributed by atoms with Crippen molar-refractivity contribution >= 4 is 29.6 Å². The van der Waals surface area contributed by atoms with Gasteiger partial charge in [-0.25, -0.2) is 4.79 Å². The normalized spacial score (nSPS) is 18.8. The maximum absolute atomic E-state index is 13.1. The summed E-state index contributed by atoms with van der Waals surface area (Å²) in [6.07, 6.45) is 1.69. The summed E-state index contributed by atoms with van der Waals surface area (Å²) >= 11 is 0. The van der Waals surface area contributed by atoms with Gasteiger partial charge in [0.05, 0.1) is 6.04 Å². The van der Waals surface area contributed by atoms with Crippen LogP contribution in [0.4, 0.5) is 4.79 Å². The number of carbonyl (C=O) groups excluding carboxylic acids is 5. The fourth-order valence-electron chi connectivity index (χ4n) is 3.91. The van der Waals surface area contributed by atoms with E-state index >= 15 is 0 Å². The van der Waals surface area contributed by atoms with E-state index in [9.17, 15) is 24.0 Å². The Bertz CT molecular complexity index is 931. The number of benzene rings is 1. The Morgan fingerprint density at radius 1 is 1.03 bits per heavy atom. The lowest BCUT2D eigenvalue weighted by atomic mass is 9.94. The molecule has 1 unspecified atom stereocenters.